The normalized spacial score (nSPS) is 30.9. The van der Waals surface area contributed by atoms with Crippen LogP contribution in [0.2, 0.25) is 0 Å². The lowest BCUT2D eigenvalue weighted by molar-refractivity contribution is 0.288. The van der Waals surface area contributed by atoms with E-state index in [0.717, 1.165) is 6.54 Å². The van der Waals surface area contributed by atoms with Gasteiger partial charge >= 0.3 is 0 Å². The summed E-state index contributed by atoms with van der Waals surface area (Å²) in [5, 5.41) is 3.50. The summed E-state index contributed by atoms with van der Waals surface area (Å²) in [5.74, 6) is 0. The topological polar surface area (TPSA) is 15.3 Å². The SMILES string of the molecule is CC1(C)CN(Br)C(C)(C)N1. The second kappa shape index (κ2) is 2.19. The van der Waals surface area contributed by atoms with Gasteiger partial charge in [0.1, 0.15) is 0 Å². The van der Waals surface area contributed by atoms with Gasteiger partial charge in [-0.05, 0) is 27.7 Å². The zero-order valence-electron chi connectivity index (χ0n) is 7.03. The molecule has 1 rings (SSSR count). The number of hydrogen-bond donors (Lipinski definition) is 1. The Morgan fingerprint density at radius 1 is 1.30 bits per heavy atom. The van der Waals surface area contributed by atoms with E-state index in [1.165, 1.54) is 0 Å². The van der Waals surface area contributed by atoms with Crippen LogP contribution in [0.15, 0.2) is 0 Å². The molecular weight excluding hydrogens is 192 g/mol. The number of halogens is 1. The van der Waals surface area contributed by atoms with E-state index in [0.29, 0.717) is 0 Å². The molecule has 0 radical (unpaired) electrons. The van der Waals surface area contributed by atoms with E-state index < -0.39 is 0 Å². The molecule has 10 heavy (non-hydrogen) atoms. The van der Waals surface area contributed by atoms with Gasteiger partial charge in [-0.1, -0.05) is 0 Å². The first-order chi connectivity index (χ1) is 4.33. The first-order valence-corrected chi connectivity index (χ1v) is 4.27. The molecule has 0 atom stereocenters. The predicted octanol–water partition coefficient (Wildman–Crippen LogP) is 1.72. The molecule has 2 nitrogen and oxygen atoms in total. The summed E-state index contributed by atoms with van der Waals surface area (Å²) in [4.78, 5) is 0. The van der Waals surface area contributed by atoms with Crippen molar-refractivity contribution in [3.63, 3.8) is 0 Å². The maximum atomic E-state index is 3.51. The van der Waals surface area contributed by atoms with E-state index in [2.05, 4.69) is 53.1 Å². The minimum absolute atomic E-state index is 0.0868. The van der Waals surface area contributed by atoms with Crippen molar-refractivity contribution in [2.24, 2.45) is 0 Å². The summed E-state index contributed by atoms with van der Waals surface area (Å²) in [5.41, 5.74) is 0.316. The molecule has 0 aromatic rings. The minimum atomic E-state index is 0.0868. The molecule has 60 valence electrons. The molecule has 0 aromatic heterocycles. The van der Waals surface area contributed by atoms with E-state index in [9.17, 15) is 0 Å². The largest absolute Gasteiger partial charge is 0.293 e. The number of nitrogens with one attached hydrogen (secondary N) is 1. The van der Waals surface area contributed by atoms with Crippen molar-refractivity contribution < 1.29 is 0 Å². The molecule has 3 heteroatoms. The highest BCUT2D eigenvalue weighted by Gasteiger charge is 2.40. The standard InChI is InChI=1S/C7H15BrN2/c1-6(2)5-10(8)7(3,4)9-6/h9H,5H2,1-4H3. The molecule has 1 saturated heterocycles. The zero-order chi connectivity index (χ0) is 7.99. The average Bonchev–Trinajstić information content (AvgIpc) is 1.73. The number of rotatable bonds is 0. The van der Waals surface area contributed by atoms with E-state index in [4.69, 9.17) is 0 Å². The average molecular weight is 207 g/mol. The maximum absolute atomic E-state index is 3.51. The third kappa shape index (κ3) is 1.52. The molecule has 1 fully saturated rings. The van der Waals surface area contributed by atoms with Crippen LogP contribution >= 0.6 is 16.1 Å². The molecule has 0 aliphatic carbocycles. The van der Waals surface area contributed by atoms with Crippen molar-refractivity contribution in [2.45, 2.75) is 38.9 Å². The molecular formula is C7H15BrN2. The van der Waals surface area contributed by atoms with E-state index in [1.54, 1.807) is 0 Å². The predicted molar refractivity (Wildman–Crippen MR) is 46.9 cm³/mol. The zero-order valence-corrected chi connectivity index (χ0v) is 8.62. The first kappa shape index (κ1) is 8.50. The highest BCUT2D eigenvalue weighted by molar-refractivity contribution is 9.07. The van der Waals surface area contributed by atoms with Gasteiger partial charge in [-0.3, -0.25) is 5.32 Å². The highest BCUT2D eigenvalue weighted by atomic mass is 79.9. The molecule has 0 amide bonds. The van der Waals surface area contributed by atoms with Gasteiger partial charge in [-0.15, -0.1) is 0 Å². The Balaban J connectivity index is 2.71. The van der Waals surface area contributed by atoms with Crippen LogP contribution in [-0.2, 0) is 0 Å². The van der Waals surface area contributed by atoms with Crippen molar-refractivity contribution in [2.75, 3.05) is 6.54 Å². The van der Waals surface area contributed by atoms with Crippen molar-refractivity contribution in [3.8, 4) is 0 Å². The third-order valence-electron chi connectivity index (χ3n) is 1.78. The Morgan fingerprint density at radius 2 is 1.80 bits per heavy atom. The Labute approximate surface area is 71.3 Å². The van der Waals surface area contributed by atoms with Crippen molar-refractivity contribution in [1.82, 2.24) is 9.24 Å². The van der Waals surface area contributed by atoms with Gasteiger partial charge in [0.05, 0.1) is 5.66 Å². The van der Waals surface area contributed by atoms with Crippen LogP contribution in [0.25, 0.3) is 0 Å². The van der Waals surface area contributed by atoms with Gasteiger partial charge in [-0.25, -0.2) is 3.93 Å². The van der Waals surface area contributed by atoms with Crippen LogP contribution in [0.5, 0.6) is 0 Å². The van der Waals surface area contributed by atoms with Gasteiger partial charge in [0.2, 0.25) is 0 Å². The summed E-state index contributed by atoms with van der Waals surface area (Å²) >= 11 is 3.51. The monoisotopic (exact) mass is 206 g/mol. The highest BCUT2D eigenvalue weighted by Crippen LogP contribution is 2.28. The second-order valence-corrected chi connectivity index (χ2v) is 4.94. The second-order valence-electron chi connectivity index (χ2n) is 4.09. The summed E-state index contributed by atoms with van der Waals surface area (Å²) in [6.45, 7) is 9.78. The minimum Gasteiger partial charge on any atom is -0.293 e. The Morgan fingerprint density at radius 3 is 1.90 bits per heavy atom. The molecule has 1 aliphatic rings. The van der Waals surface area contributed by atoms with E-state index in [1.807, 2.05) is 0 Å². The quantitative estimate of drug-likeness (QED) is 0.608. The molecule has 0 saturated carbocycles. The summed E-state index contributed by atoms with van der Waals surface area (Å²) in [6.07, 6.45) is 0. The number of nitrogens with zero attached hydrogens (tertiary/aromatic N) is 1. The summed E-state index contributed by atoms with van der Waals surface area (Å²) in [6, 6.07) is 0. The van der Waals surface area contributed by atoms with Crippen LogP contribution in [0.3, 0.4) is 0 Å². The van der Waals surface area contributed by atoms with Gasteiger partial charge in [0.25, 0.3) is 0 Å². The fraction of sp³-hybridized carbons (Fsp3) is 1.00. The first-order valence-electron chi connectivity index (χ1n) is 3.56. The molecule has 0 aromatic carbocycles. The molecule has 0 spiro atoms. The smallest absolute Gasteiger partial charge is 0.0760 e. The Kier molecular flexibility index (Phi) is 1.86. The Bertz CT molecular complexity index is 143. The fourth-order valence-electron chi connectivity index (χ4n) is 1.47. The summed E-state index contributed by atoms with van der Waals surface area (Å²) in [7, 11) is 0. The third-order valence-corrected chi connectivity index (χ3v) is 2.92. The number of hydrogen-bond acceptors (Lipinski definition) is 2. The lowest BCUT2D eigenvalue weighted by atomic mass is 10.1. The van der Waals surface area contributed by atoms with E-state index in [-0.39, 0.29) is 11.2 Å². The van der Waals surface area contributed by atoms with E-state index >= 15 is 0 Å². The molecule has 0 unspecified atom stereocenters. The van der Waals surface area contributed by atoms with Gasteiger partial charge in [0, 0.05) is 28.2 Å². The van der Waals surface area contributed by atoms with Crippen LogP contribution < -0.4 is 5.32 Å². The van der Waals surface area contributed by atoms with Crippen molar-refractivity contribution in [1.29, 1.82) is 0 Å². The van der Waals surface area contributed by atoms with Crippen LogP contribution in [0.1, 0.15) is 27.7 Å². The maximum Gasteiger partial charge on any atom is 0.0760 e. The van der Waals surface area contributed by atoms with Gasteiger partial charge < -0.3 is 0 Å². The molecule has 0 bridgehead atoms. The van der Waals surface area contributed by atoms with Gasteiger partial charge in [-0.2, -0.15) is 0 Å². The Hall–Kier alpha value is 0.400. The lowest BCUT2D eigenvalue weighted by Gasteiger charge is -2.26. The lowest BCUT2D eigenvalue weighted by Crippen LogP contribution is -2.46. The molecule has 1 heterocycles. The fourth-order valence-corrected chi connectivity index (χ4v) is 2.19. The summed E-state index contributed by atoms with van der Waals surface area (Å²) < 4.78 is 2.15. The van der Waals surface area contributed by atoms with Crippen LogP contribution in [0.4, 0.5) is 0 Å². The van der Waals surface area contributed by atoms with Crippen molar-refractivity contribution in [3.05, 3.63) is 0 Å². The molecule has 1 aliphatic heterocycles. The van der Waals surface area contributed by atoms with Crippen LogP contribution in [-0.4, -0.2) is 21.7 Å². The van der Waals surface area contributed by atoms with Gasteiger partial charge in [0.15, 0.2) is 0 Å². The van der Waals surface area contributed by atoms with Crippen LogP contribution in [0, 0.1) is 0 Å². The molecule has 1 N–H and O–H groups in total. The van der Waals surface area contributed by atoms with Crippen molar-refractivity contribution >= 4 is 16.1 Å².